The van der Waals surface area contributed by atoms with Crippen LogP contribution in [0.1, 0.15) is 26.5 Å². The lowest BCUT2D eigenvalue weighted by molar-refractivity contribution is 0.0748. The fraction of sp³-hybridized carbons (Fsp3) is 0.615. The number of fused-ring (bicyclic) bond motifs is 1. The zero-order chi connectivity index (χ0) is 12.5. The van der Waals surface area contributed by atoms with Gasteiger partial charge in [0, 0.05) is 30.9 Å². The highest BCUT2D eigenvalue weighted by Crippen LogP contribution is 2.28. The molecule has 1 amide bonds. The molecule has 4 nitrogen and oxygen atoms in total. The Labute approximate surface area is 111 Å². The molecule has 0 saturated carbocycles. The first-order valence-corrected chi connectivity index (χ1v) is 7.24. The Balaban J connectivity index is 1.77. The predicted molar refractivity (Wildman–Crippen MR) is 71.0 cm³/mol. The number of likely N-dealkylation sites (N-methyl/N-ethyl adjacent to an activating group) is 1. The van der Waals surface area contributed by atoms with Crippen LogP contribution in [0.2, 0.25) is 0 Å². The van der Waals surface area contributed by atoms with Gasteiger partial charge < -0.3 is 15.0 Å². The largest absolute Gasteiger partial charge is 0.376 e. The molecule has 1 fully saturated rings. The number of nitrogens with zero attached hydrogens (tertiary/aromatic N) is 1. The van der Waals surface area contributed by atoms with Crippen LogP contribution in [0.25, 0.3) is 0 Å². The van der Waals surface area contributed by atoms with E-state index in [1.54, 1.807) is 11.3 Å². The van der Waals surface area contributed by atoms with Crippen molar-refractivity contribution in [2.75, 3.05) is 26.7 Å². The number of amides is 1. The average Bonchev–Trinajstić information content (AvgIpc) is 3.05. The molecule has 1 aromatic rings. The first kappa shape index (κ1) is 12.1. The van der Waals surface area contributed by atoms with Gasteiger partial charge in [-0.3, -0.25) is 4.79 Å². The number of hydrogen-bond donors (Lipinski definition) is 1. The summed E-state index contributed by atoms with van der Waals surface area (Å²) < 4.78 is 5.42. The Morgan fingerprint density at radius 1 is 1.61 bits per heavy atom. The number of carbonyl (C=O) groups is 1. The van der Waals surface area contributed by atoms with E-state index in [9.17, 15) is 4.79 Å². The van der Waals surface area contributed by atoms with E-state index in [1.807, 2.05) is 18.0 Å². The van der Waals surface area contributed by atoms with Crippen molar-refractivity contribution in [1.29, 1.82) is 0 Å². The van der Waals surface area contributed by atoms with Crippen molar-refractivity contribution in [3.63, 3.8) is 0 Å². The molecule has 0 spiro atoms. The van der Waals surface area contributed by atoms with Gasteiger partial charge in [-0.25, -0.2) is 0 Å². The monoisotopic (exact) mass is 266 g/mol. The van der Waals surface area contributed by atoms with Crippen molar-refractivity contribution in [2.45, 2.75) is 25.5 Å². The Bertz CT molecular complexity index is 428. The predicted octanol–water partition coefficient (Wildman–Crippen LogP) is 1.25. The summed E-state index contributed by atoms with van der Waals surface area (Å²) >= 11 is 1.64. The Morgan fingerprint density at radius 2 is 2.50 bits per heavy atom. The third-order valence-corrected chi connectivity index (χ3v) is 4.97. The molecule has 3 rings (SSSR count). The topological polar surface area (TPSA) is 41.6 Å². The van der Waals surface area contributed by atoms with Crippen LogP contribution in [-0.4, -0.2) is 43.6 Å². The molecule has 18 heavy (non-hydrogen) atoms. The molecule has 0 aliphatic carbocycles. The van der Waals surface area contributed by atoms with E-state index in [0.29, 0.717) is 12.6 Å². The van der Waals surface area contributed by atoms with Gasteiger partial charge in [0.15, 0.2) is 0 Å². The molecular formula is C13H18N2O2S. The summed E-state index contributed by atoms with van der Waals surface area (Å²) in [5, 5.41) is 3.30. The summed E-state index contributed by atoms with van der Waals surface area (Å²) in [6.45, 7) is 3.37. The third-order valence-electron chi connectivity index (χ3n) is 3.74. The van der Waals surface area contributed by atoms with Gasteiger partial charge in [-0.2, -0.15) is 0 Å². The molecule has 1 atom stereocenters. The number of ether oxygens (including phenoxy) is 1. The van der Waals surface area contributed by atoms with Crippen molar-refractivity contribution in [2.24, 2.45) is 0 Å². The summed E-state index contributed by atoms with van der Waals surface area (Å²) in [7, 11) is 1.91. The maximum absolute atomic E-state index is 12.4. The quantitative estimate of drug-likeness (QED) is 0.876. The lowest BCUT2D eigenvalue weighted by atomic mass is 10.1. The number of thiophene rings is 1. The van der Waals surface area contributed by atoms with Gasteiger partial charge >= 0.3 is 0 Å². The second kappa shape index (κ2) is 4.99. The lowest BCUT2D eigenvalue weighted by Crippen LogP contribution is -2.37. The minimum Gasteiger partial charge on any atom is -0.376 e. The van der Waals surface area contributed by atoms with Crippen LogP contribution in [0.3, 0.4) is 0 Å². The molecule has 98 valence electrons. The van der Waals surface area contributed by atoms with Crippen molar-refractivity contribution in [3.05, 3.63) is 21.4 Å². The van der Waals surface area contributed by atoms with Crippen LogP contribution in [0.5, 0.6) is 0 Å². The summed E-state index contributed by atoms with van der Waals surface area (Å²) in [6.07, 6.45) is 2.00. The van der Waals surface area contributed by atoms with Crippen LogP contribution in [0.15, 0.2) is 6.07 Å². The molecule has 1 N–H and O–H groups in total. The summed E-state index contributed by atoms with van der Waals surface area (Å²) in [5.41, 5.74) is 1.20. The maximum atomic E-state index is 12.4. The van der Waals surface area contributed by atoms with Crippen LogP contribution in [0.4, 0.5) is 0 Å². The molecule has 1 aromatic heterocycles. The SMILES string of the molecule is CN(C(=O)c1cc2c(s1)CCOC2)C1CCNC1. The Hall–Kier alpha value is -0.910. The molecule has 5 heteroatoms. The van der Waals surface area contributed by atoms with Gasteiger partial charge in [0.25, 0.3) is 5.91 Å². The van der Waals surface area contributed by atoms with Crippen molar-refractivity contribution in [3.8, 4) is 0 Å². The van der Waals surface area contributed by atoms with E-state index in [-0.39, 0.29) is 5.91 Å². The number of rotatable bonds is 2. The zero-order valence-corrected chi connectivity index (χ0v) is 11.4. The molecule has 3 heterocycles. The molecule has 0 aromatic carbocycles. The molecule has 2 aliphatic heterocycles. The summed E-state index contributed by atoms with van der Waals surface area (Å²) in [6, 6.07) is 2.35. The maximum Gasteiger partial charge on any atom is 0.263 e. The average molecular weight is 266 g/mol. The minimum absolute atomic E-state index is 0.156. The fourth-order valence-electron chi connectivity index (χ4n) is 2.56. The van der Waals surface area contributed by atoms with Gasteiger partial charge in [-0.1, -0.05) is 0 Å². The van der Waals surface area contributed by atoms with Crippen LogP contribution < -0.4 is 5.32 Å². The highest BCUT2D eigenvalue weighted by Gasteiger charge is 2.26. The molecule has 2 aliphatic rings. The zero-order valence-electron chi connectivity index (χ0n) is 10.6. The van der Waals surface area contributed by atoms with Gasteiger partial charge in [-0.05, 0) is 24.6 Å². The highest BCUT2D eigenvalue weighted by molar-refractivity contribution is 7.14. The molecule has 1 saturated heterocycles. The Morgan fingerprint density at radius 3 is 3.22 bits per heavy atom. The van der Waals surface area contributed by atoms with E-state index >= 15 is 0 Å². The van der Waals surface area contributed by atoms with E-state index < -0.39 is 0 Å². The van der Waals surface area contributed by atoms with E-state index in [1.165, 1.54) is 10.4 Å². The van der Waals surface area contributed by atoms with Crippen LogP contribution >= 0.6 is 11.3 Å². The van der Waals surface area contributed by atoms with Gasteiger partial charge in [0.1, 0.15) is 0 Å². The van der Waals surface area contributed by atoms with Crippen molar-refractivity contribution >= 4 is 17.2 Å². The van der Waals surface area contributed by atoms with Gasteiger partial charge in [0.05, 0.1) is 18.1 Å². The fourth-order valence-corrected chi connectivity index (χ4v) is 3.69. The smallest absolute Gasteiger partial charge is 0.263 e. The molecule has 1 unspecified atom stereocenters. The van der Waals surface area contributed by atoms with E-state index in [2.05, 4.69) is 5.32 Å². The first-order chi connectivity index (χ1) is 8.75. The molecule has 0 bridgehead atoms. The third kappa shape index (κ3) is 2.18. The van der Waals surface area contributed by atoms with E-state index in [0.717, 1.165) is 37.4 Å². The molecule has 0 radical (unpaired) electrons. The highest BCUT2D eigenvalue weighted by atomic mass is 32.1. The minimum atomic E-state index is 0.156. The lowest BCUT2D eigenvalue weighted by Gasteiger charge is -2.22. The number of hydrogen-bond acceptors (Lipinski definition) is 4. The summed E-state index contributed by atoms with van der Waals surface area (Å²) in [4.78, 5) is 16.5. The van der Waals surface area contributed by atoms with E-state index in [4.69, 9.17) is 4.74 Å². The summed E-state index contributed by atoms with van der Waals surface area (Å²) in [5.74, 6) is 0.156. The standard InChI is InChI=1S/C13H18N2O2S/c1-15(10-2-4-14-7-10)13(16)12-6-9-8-17-5-3-11(9)18-12/h6,10,14H,2-5,7-8H2,1H3. The second-order valence-corrected chi connectivity index (χ2v) is 6.06. The Kier molecular flexibility index (Phi) is 3.37. The van der Waals surface area contributed by atoms with Crippen molar-refractivity contribution < 1.29 is 9.53 Å². The van der Waals surface area contributed by atoms with Gasteiger partial charge in [-0.15, -0.1) is 11.3 Å². The molecular weight excluding hydrogens is 248 g/mol. The first-order valence-electron chi connectivity index (χ1n) is 6.43. The number of nitrogens with one attached hydrogen (secondary N) is 1. The van der Waals surface area contributed by atoms with Crippen molar-refractivity contribution in [1.82, 2.24) is 10.2 Å². The van der Waals surface area contributed by atoms with Crippen LogP contribution in [0, 0.1) is 0 Å². The van der Waals surface area contributed by atoms with Crippen LogP contribution in [-0.2, 0) is 17.8 Å². The second-order valence-electron chi connectivity index (χ2n) is 4.92. The number of carbonyl (C=O) groups excluding carboxylic acids is 1. The van der Waals surface area contributed by atoms with Gasteiger partial charge in [0.2, 0.25) is 0 Å². The normalized spacial score (nSPS) is 22.8.